The van der Waals surface area contributed by atoms with Crippen molar-refractivity contribution in [3.63, 3.8) is 0 Å². The second kappa shape index (κ2) is 14.2. The molecule has 0 heterocycles. The summed E-state index contributed by atoms with van der Waals surface area (Å²) in [5.74, 6) is 0. The van der Waals surface area contributed by atoms with Crippen molar-refractivity contribution in [2.24, 2.45) is 0 Å². The van der Waals surface area contributed by atoms with Crippen LogP contribution in [0.25, 0.3) is 0 Å². The summed E-state index contributed by atoms with van der Waals surface area (Å²) in [6, 6.07) is 12.6. The van der Waals surface area contributed by atoms with Crippen molar-refractivity contribution < 1.29 is 43.7 Å². The molecule has 0 atom stereocenters. The number of hydrogen-bond acceptors (Lipinski definition) is 1. The predicted molar refractivity (Wildman–Crippen MR) is 75.8 cm³/mol. The fourth-order valence-corrected chi connectivity index (χ4v) is 1.20. The number of rotatable bonds is 0. The van der Waals surface area contributed by atoms with Crippen LogP contribution in [0.4, 0.5) is 0 Å². The standard InChI is InChI=1S/2C7H9.C2H6O.ClH.Zr/c2*1-6-4-3-5-7(6)2;1-2-3;;/h2*3-5H,1-2H3;3H,2H2,1H3;1H;/q2*-1;;;+3/p-1. The predicted octanol–water partition coefficient (Wildman–Crippen LogP) is 1.04. The molecular formula is C16H24ClOZr. The van der Waals surface area contributed by atoms with Gasteiger partial charge in [-0.25, -0.2) is 24.3 Å². The van der Waals surface area contributed by atoms with Crippen molar-refractivity contribution in [3.05, 3.63) is 58.7 Å². The Hall–Kier alpha value is -0.167. The normalized spacial score (nSPS) is 7.89. The summed E-state index contributed by atoms with van der Waals surface area (Å²) in [5, 5.41) is 7.57. The largest absolute Gasteiger partial charge is 3.00 e. The van der Waals surface area contributed by atoms with Crippen molar-refractivity contribution in [1.29, 1.82) is 0 Å². The minimum Gasteiger partial charge on any atom is -1.00 e. The van der Waals surface area contributed by atoms with Gasteiger partial charge in [0, 0.05) is 6.61 Å². The van der Waals surface area contributed by atoms with E-state index in [1.165, 1.54) is 22.3 Å². The summed E-state index contributed by atoms with van der Waals surface area (Å²) in [7, 11) is 0. The smallest absolute Gasteiger partial charge is 1.00 e. The average molecular weight is 359 g/mol. The van der Waals surface area contributed by atoms with Gasteiger partial charge in [0.25, 0.3) is 0 Å². The molecule has 2 aromatic carbocycles. The van der Waals surface area contributed by atoms with Crippen LogP contribution >= 0.6 is 0 Å². The Balaban J connectivity index is -0.000000207. The van der Waals surface area contributed by atoms with Gasteiger partial charge in [-0.15, -0.1) is 0 Å². The number of hydrogen-bond donors (Lipinski definition) is 1. The summed E-state index contributed by atoms with van der Waals surface area (Å²) in [4.78, 5) is 0. The molecule has 0 fully saturated rings. The molecule has 0 bridgehead atoms. The third kappa shape index (κ3) is 11.4. The fourth-order valence-electron chi connectivity index (χ4n) is 1.20. The Bertz CT molecular complexity index is 333. The molecule has 2 rings (SSSR count). The number of halogens is 1. The first kappa shape index (κ1) is 23.9. The molecule has 19 heavy (non-hydrogen) atoms. The molecule has 0 saturated carbocycles. The quantitative estimate of drug-likeness (QED) is 0.698. The Morgan fingerprint density at radius 1 is 0.947 bits per heavy atom. The van der Waals surface area contributed by atoms with E-state index in [1.54, 1.807) is 6.92 Å². The number of aliphatic hydroxyl groups excluding tert-OH is 1. The van der Waals surface area contributed by atoms with Crippen LogP contribution in [-0.4, -0.2) is 11.7 Å². The van der Waals surface area contributed by atoms with Crippen molar-refractivity contribution in [1.82, 2.24) is 0 Å². The maximum absolute atomic E-state index is 7.57. The SMILES string of the molecule is CCO.Cc1ccc[c-]1C.Cc1ccc[c-]1C.[Cl-].[Zr+3]. The second-order valence-electron chi connectivity index (χ2n) is 4.10. The summed E-state index contributed by atoms with van der Waals surface area (Å²) < 4.78 is 0. The first-order valence-corrected chi connectivity index (χ1v) is 6.01. The van der Waals surface area contributed by atoms with E-state index in [0.29, 0.717) is 0 Å². The van der Waals surface area contributed by atoms with Crippen LogP contribution in [0, 0.1) is 27.7 Å². The van der Waals surface area contributed by atoms with Gasteiger partial charge in [0.05, 0.1) is 0 Å². The zero-order valence-electron chi connectivity index (χ0n) is 12.5. The van der Waals surface area contributed by atoms with Gasteiger partial charge in [-0.2, -0.15) is 34.4 Å². The summed E-state index contributed by atoms with van der Waals surface area (Å²) in [6.07, 6.45) is 0. The van der Waals surface area contributed by atoms with Gasteiger partial charge in [0.15, 0.2) is 0 Å². The molecule has 0 aliphatic rings. The van der Waals surface area contributed by atoms with E-state index in [1.807, 2.05) is 0 Å². The van der Waals surface area contributed by atoms with Gasteiger partial charge >= 0.3 is 26.2 Å². The van der Waals surface area contributed by atoms with Crippen LogP contribution in [0.5, 0.6) is 0 Å². The molecule has 0 unspecified atom stereocenters. The maximum Gasteiger partial charge on any atom is 3.00 e. The molecule has 1 N–H and O–H groups in total. The Morgan fingerprint density at radius 2 is 1.21 bits per heavy atom. The van der Waals surface area contributed by atoms with Crippen LogP contribution in [-0.2, 0) is 26.2 Å². The zero-order chi connectivity index (χ0) is 13.3. The zero-order valence-corrected chi connectivity index (χ0v) is 15.7. The third-order valence-corrected chi connectivity index (χ3v) is 2.63. The van der Waals surface area contributed by atoms with E-state index in [2.05, 4.69) is 64.1 Å². The molecule has 105 valence electrons. The van der Waals surface area contributed by atoms with Crippen LogP contribution in [0.2, 0.25) is 0 Å². The van der Waals surface area contributed by atoms with Crippen LogP contribution in [0.15, 0.2) is 36.4 Å². The molecule has 0 aliphatic carbocycles. The summed E-state index contributed by atoms with van der Waals surface area (Å²) >= 11 is 0. The van der Waals surface area contributed by atoms with Crippen LogP contribution < -0.4 is 12.4 Å². The summed E-state index contributed by atoms with van der Waals surface area (Å²) in [5.41, 5.74) is 5.56. The Kier molecular flexibility index (Phi) is 17.9. The molecule has 1 nitrogen and oxygen atoms in total. The molecule has 0 spiro atoms. The molecule has 0 aromatic heterocycles. The molecule has 2 aromatic rings. The molecule has 3 heteroatoms. The number of aryl methyl sites for hydroxylation is 4. The second-order valence-corrected chi connectivity index (χ2v) is 4.10. The molecular weight excluding hydrogens is 335 g/mol. The van der Waals surface area contributed by atoms with Crippen molar-refractivity contribution in [2.75, 3.05) is 6.61 Å². The van der Waals surface area contributed by atoms with Gasteiger partial charge in [-0.3, -0.25) is 0 Å². The first-order valence-electron chi connectivity index (χ1n) is 6.01. The Labute approximate surface area is 143 Å². The first-order chi connectivity index (χ1) is 8.02. The van der Waals surface area contributed by atoms with Gasteiger partial charge in [0.1, 0.15) is 0 Å². The summed E-state index contributed by atoms with van der Waals surface area (Å²) in [6.45, 7) is 10.4. The van der Waals surface area contributed by atoms with E-state index in [0.717, 1.165) is 0 Å². The van der Waals surface area contributed by atoms with Gasteiger partial charge in [-0.05, 0) is 6.92 Å². The third-order valence-electron chi connectivity index (χ3n) is 2.63. The van der Waals surface area contributed by atoms with Gasteiger partial charge in [-0.1, -0.05) is 27.7 Å². The van der Waals surface area contributed by atoms with E-state index in [-0.39, 0.29) is 45.2 Å². The van der Waals surface area contributed by atoms with E-state index >= 15 is 0 Å². The Morgan fingerprint density at radius 3 is 1.26 bits per heavy atom. The van der Waals surface area contributed by atoms with Crippen molar-refractivity contribution >= 4 is 0 Å². The minimum atomic E-state index is 0. The van der Waals surface area contributed by atoms with Crippen LogP contribution in [0.1, 0.15) is 29.2 Å². The molecule has 0 amide bonds. The molecule has 1 radical (unpaired) electrons. The van der Waals surface area contributed by atoms with E-state index in [9.17, 15) is 0 Å². The molecule has 0 saturated heterocycles. The van der Waals surface area contributed by atoms with E-state index in [4.69, 9.17) is 5.11 Å². The minimum absolute atomic E-state index is 0. The monoisotopic (exact) mass is 357 g/mol. The van der Waals surface area contributed by atoms with Crippen LogP contribution in [0.3, 0.4) is 0 Å². The van der Waals surface area contributed by atoms with E-state index < -0.39 is 0 Å². The van der Waals surface area contributed by atoms with Gasteiger partial charge in [0.2, 0.25) is 0 Å². The topological polar surface area (TPSA) is 20.2 Å². The van der Waals surface area contributed by atoms with Gasteiger partial charge < -0.3 is 17.5 Å². The molecule has 0 aliphatic heterocycles. The maximum atomic E-state index is 7.57. The van der Waals surface area contributed by atoms with Crippen molar-refractivity contribution in [3.8, 4) is 0 Å². The van der Waals surface area contributed by atoms with Crippen molar-refractivity contribution in [2.45, 2.75) is 34.6 Å². The number of aliphatic hydroxyl groups is 1. The fraction of sp³-hybridized carbons (Fsp3) is 0.375. The average Bonchev–Trinajstić information content (AvgIpc) is 2.81.